The second kappa shape index (κ2) is 11.3. The van der Waals surface area contributed by atoms with Crippen molar-refractivity contribution in [3.8, 4) is 0 Å². The molecule has 2 aromatic rings. The monoisotopic (exact) mass is 512 g/mol. The average molecular weight is 513 g/mol. The Balaban J connectivity index is 1.58. The molecule has 7 nitrogen and oxygen atoms in total. The maximum Gasteiger partial charge on any atom is 0.328 e. The third-order valence-electron chi connectivity index (χ3n) is 6.21. The van der Waals surface area contributed by atoms with Gasteiger partial charge in [-0.2, -0.15) is 0 Å². The van der Waals surface area contributed by atoms with Gasteiger partial charge in [0.05, 0.1) is 12.4 Å². The van der Waals surface area contributed by atoms with Crippen molar-refractivity contribution in [2.24, 2.45) is 0 Å². The molecule has 0 spiro atoms. The van der Waals surface area contributed by atoms with Gasteiger partial charge in [0.2, 0.25) is 11.8 Å². The molecule has 1 N–H and O–H groups in total. The van der Waals surface area contributed by atoms with Crippen LogP contribution in [0, 0.1) is 0 Å². The summed E-state index contributed by atoms with van der Waals surface area (Å²) in [6, 6.07) is 15.7. The van der Waals surface area contributed by atoms with Crippen LogP contribution in [-0.4, -0.2) is 58.0 Å². The molecule has 0 radical (unpaired) electrons. The fourth-order valence-electron chi connectivity index (χ4n) is 4.57. The zero-order valence-electron chi connectivity index (χ0n) is 19.6. The van der Waals surface area contributed by atoms with Gasteiger partial charge >= 0.3 is 5.97 Å². The molecule has 2 aliphatic heterocycles. The molecule has 1 fully saturated rings. The summed E-state index contributed by atoms with van der Waals surface area (Å²) in [4.78, 5) is 53.2. The summed E-state index contributed by atoms with van der Waals surface area (Å²) in [5.41, 5.74) is 2.96. The largest absolute Gasteiger partial charge is 0.467 e. The summed E-state index contributed by atoms with van der Waals surface area (Å²) in [5, 5.41) is 1.75. The number of amides is 2. The van der Waals surface area contributed by atoms with Crippen molar-refractivity contribution in [2.75, 3.05) is 12.9 Å². The summed E-state index contributed by atoms with van der Waals surface area (Å²) < 4.78 is 5.04. The fraction of sp³-hybridized carbons (Fsp3) is 0.385. The molecule has 0 saturated carbocycles. The molecule has 2 aromatic carbocycles. The van der Waals surface area contributed by atoms with Crippen molar-refractivity contribution < 1.29 is 23.9 Å². The highest BCUT2D eigenvalue weighted by atomic mass is 32.2. The van der Waals surface area contributed by atoms with E-state index in [4.69, 9.17) is 4.74 Å². The predicted molar refractivity (Wildman–Crippen MR) is 137 cm³/mol. The predicted octanol–water partition coefficient (Wildman–Crippen LogP) is 3.12. The van der Waals surface area contributed by atoms with E-state index in [2.05, 4.69) is 5.32 Å². The summed E-state index contributed by atoms with van der Waals surface area (Å²) in [7, 11) is 1.32. The van der Waals surface area contributed by atoms with Gasteiger partial charge in [0.25, 0.3) is 0 Å². The first-order chi connectivity index (χ1) is 16.9. The van der Waals surface area contributed by atoms with Gasteiger partial charge in [-0.15, -0.1) is 11.8 Å². The standard InChI is InChI=1S/C26H28N2O5S2/c1-16(29)35-22(14-17-8-4-3-5-9-17)23(30)27-20-12-13-34-25-19-11-7-6-10-18(19)15-21(26(32)33-2)28(25)24(20)31/h3-11,20-22,25H,12-15H2,1-2H3,(H,27,30)/t20-,21-,22-,25-/m0/s1. The number of carbonyl (C=O) groups is 4. The number of nitrogens with zero attached hydrogens (tertiary/aromatic N) is 1. The lowest BCUT2D eigenvalue weighted by Crippen LogP contribution is -2.56. The van der Waals surface area contributed by atoms with E-state index >= 15 is 0 Å². The average Bonchev–Trinajstić information content (AvgIpc) is 3.02. The second-order valence-electron chi connectivity index (χ2n) is 8.55. The van der Waals surface area contributed by atoms with Crippen LogP contribution in [0.1, 0.15) is 35.4 Å². The minimum Gasteiger partial charge on any atom is -0.467 e. The quantitative estimate of drug-likeness (QED) is 0.595. The van der Waals surface area contributed by atoms with Crippen LogP contribution in [0.25, 0.3) is 0 Å². The molecule has 35 heavy (non-hydrogen) atoms. The highest BCUT2D eigenvalue weighted by Crippen LogP contribution is 2.43. The van der Waals surface area contributed by atoms with E-state index in [1.54, 1.807) is 16.7 Å². The SMILES string of the molecule is COC(=O)[C@@H]1Cc2ccccc2[C@@H]2SCC[C@H](NC(=O)[C@H](Cc3ccccc3)SC(C)=O)C(=O)N12. The molecule has 4 atom stereocenters. The summed E-state index contributed by atoms with van der Waals surface area (Å²) >= 11 is 2.55. The summed E-state index contributed by atoms with van der Waals surface area (Å²) in [6.07, 6.45) is 1.17. The minimum absolute atomic E-state index is 0.165. The topological polar surface area (TPSA) is 92.8 Å². The Bertz CT molecular complexity index is 1110. The van der Waals surface area contributed by atoms with Crippen LogP contribution < -0.4 is 5.32 Å². The molecule has 9 heteroatoms. The first-order valence-corrected chi connectivity index (χ1v) is 13.4. The molecule has 0 aromatic heterocycles. The van der Waals surface area contributed by atoms with Crippen molar-refractivity contribution in [3.63, 3.8) is 0 Å². The second-order valence-corrected chi connectivity index (χ2v) is 11.1. The number of carbonyl (C=O) groups excluding carboxylic acids is 4. The van der Waals surface area contributed by atoms with Crippen molar-refractivity contribution in [2.45, 2.75) is 48.9 Å². The lowest BCUT2D eigenvalue weighted by molar-refractivity contribution is -0.155. The van der Waals surface area contributed by atoms with Gasteiger partial charge < -0.3 is 15.0 Å². The van der Waals surface area contributed by atoms with Crippen LogP contribution in [0.2, 0.25) is 0 Å². The highest BCUT2D eigenvalue weighted by molar-refractivity contribution is 8.14. The van der Waals surface area contributed by atoms with Crippen LogP contribution in [0.5, 0.6) is 0 Å². The molecule has 1 saturated heterocycles. The van der Waals surface area contributed by atoms with Gasteiger partial charge in [0.15, 0.2) is 5.12 Å². The molecule has 0 aliphatic carbocycles. The number of esters is 1. The van der Waals surface area contributed by atoms with Crippen LogP contribution >= 0.6 is 23.5 Å². The normalized spacial score (nSPS) is 22.3. The van der Waals surface area contributed by atoms with Gasteiger partial charge in [-0.05, 0) is 35.3 Å². The molecule has 2 aliphatic rings. The van der Waals surface area contributed by atoms with Crippen molar-refractivity contribution in [1.82, 2.24) is 10.2 Å². The van der Waals surface area contributed by atoms with E-state index in [1.165, 1.54) is 14.0 Å². The van der Waals surface area contributed by atoms with Gasteiger partial charge in [0, 0.05) is 13.3 Å². The molecular formula is C26H28N2O5S2. The van der Waals surface area contributed by atoms with Crippen molar-refractivity contribution in [1.29, 1.82) is 0 Å². The van der Waals surface area contributed by atoms with E-state index < -0.39 is 23.3 Å². The molecular weight excluding hydrogens is 484 g/mol. The molecule has 2 amide bonds. The summed E-state index contributed by atoms with van der Waals surface area (Å²) in [5.74, 6) is -0.504. The molecule has 184 valence electrons. The van der Waals surface area contributed by atoms with Crippen LogP contribution in [0.4, 0.5) is 0 Å². The lowest BCUT2D eigenvalue weighted by Gasteiger charge is -2.41. The van der Waals surface area contributed by atoms with Crippen molar-refractivity contribution >= 4 is 46.4 Å². The van der Waals surface area contributed by atoms with E-state index in [0.717, 1.165) is 28.5 Å². The number of hydrogen-bond donors (Lipinski definition) is 1. The number of hydrogen-bond acceptors (Lipinski definition) is 7. The third-order valence-corrected chi connectivity index (χ3v) is 8.48. The molecule has 0 bridgehead atoms. The maximum absolute atomic E-state index is 13.8. The van der Waals surface area contributed by atoms with Crippen LogP contribution in [-0.2, 0) is 36.8 Å². The third kappa shape index (κ3) is 5.73. The number of fused-ring (bicyclic) bond motifs is 3. The number of rotatable bonds is 6. The number of ether oxygens (including phenoxy) is 1. The Hall–Kier alpha value is -2.78. The zero-order valence-corrected chi connectivity index (χ0v) is 21.3. The van der Waals surface area contributed by atoms with Crippen LogP contribution in [0.3, 0.4) is 0 Å². The van der Waals surface area contributed by atoms with Crippen LogP contribution in [0.15, 0.2) is 54.6 Å². The first-order valence-electron chi connectivity index (χ1n) is 11.5. The lowest BCUT2D eigenvalue weighted by atomic mass is 9.93. The van der Waals surface area contributed by atoms with Gasteiger partial charge in [0.1, 0.15) is 17.5 Å². The smallest absolute Gasteiger partial charge is 0.328 e. The number of methoxy groups -OCH3 is 1. The Labute approximate surface area is 213 Å². The fourth-order valence-corrected chi connectivity index (χ4v) is 6.84. The summed E-state index contributed by atoms with van der Waals surface area (Å²) in [6.45, 7) is 1.43. The van der Waals surface area contributed by atoms with Crippen molar-refractivity contribution in [3.05, 3.63) is 71.3 Å². The zero-order chi connectivity index (χ0) is 24.9. The molecule has 0 unspecified atom stereocenters. The Morgan fingerprint density at radius 1 is 1.14 bits per heavy atom. The number of nitrogens with one attached hydrogen (secondary N) is 1. The van der Waals surface area contributed by atoms with E-state index in [1.807, 2.05) is 54.6 Å². The molecule has 4 rings (SSSR count). The van der Waals surface area contributed by atoms with Gasteiger partial charge in [-0.3, -0.25) is 14.4 Å². The first kappa shape index (κ1) is 25.3. The number of benzene rings is 2. The van der Waals surface area contributed by atoms with E-state index in [-0.39, 0.29) is 22.3 Å². The Morgan fingerprint density at radius 3 is 2.57 bits per heavy atom. The highest BCUT2D eigenvalue weighted by Gasteiger charge is 2.46. The Kier molecular flexibility index (Phi) is 8.18. The maximum atomic E-state index is 13.8. The van der Waals surface area contributed by atoms with E-state index in [0.29, 0.717) is 25.0 Å². The Morgan fingerprint density at radius 2 is 1.86 bits per heavy atom. The van der Waals surface area contributed by atoms with Gasteiger partial charge in [-0.25, -0.2) is 4.79 Å². The van der Waals surface area contributed by atoms with E-state index in [9.17, 15) is 19.2 Å². The molecule has 2 heterocycles. The minimum atomic E-state index is -0.789. The number of thioether (sulfide) groups is 2. The van der Waals surface area contributed by atoms with Gasteiger partial charge in [-0.1, -0.05) is 66.4 Å².